The van der Waals surface area contributed by atoms with E-state index in [1.165, 1.54) is 11.8 Å². The summed E-state index contributed by atoms with van der Waals surface area (Å²) in [5.41, 5.74) is 1.82. The molecule has 33 heavy (non-hydrogen) atoms. The Hall–Kier alpha value is -1.89. The largest absolute Gasteiger partial charge is 0.497 e. The molecule has 0 saturated carbocycles. The fraction of sp³-hybridized carbons (Fsp3) is 0.440. The summed E-state index contributed by atoms with van der Waals surface area (Å²) in [5.74, 6) is 1.29. The minimum absolute atomic E-state index is 0.0433. The molecular formula is C25H32Cl2N2O3S. The molecule has 2 amide bonds. The van der Waals surface area contributed by atoms with Crippen LogP contribution in [0.5, 0.6) is 5.75 Å². The van der Waals surface area contributed by atoms with Crippen LogP contribution in [0.1, 0.15) is 44.7 Å². The zero-order valence-electron chi connectivity index (χ0n) is 19.6. The van der Waals surface area contributed by atoms with Gasteiger partial charge in [0.1, 0.15) is 11.8 Å². The molecule has 180 valence electrons. The molecule has 0 spiro atoms. The van der Waals surface area contributed by atoms with Gasteiger partial charge in [0, 0.05) is 28.4 Å². The van der Waals surface area contributed by atoms with Gasteiger partial charge in [-0.1, -0.05) is 55.2 Å². The average Bonchev–Trinajstić information content (AvgIpc) is 2.80. The number of benzene rings is 2. The third kappa shape index (κ3) is 8.43. The van der Waals surface area contributed by atoms with Crippen molar-refractivity contribution in [3.8, 4) is 5.75 Å². The molecule has 5 nitrogen and oxygen atoms in total. The number of nitrogens with zero attached hydrogens (tertiary/aromatic N) is 1. The molecule has 0 aromatic heterocycles. The maximum atomic E-state index is 13.3. The van der Waals surface area contributed by atoms with Crippen LogP contribution in [0.4, 0.5) is 0 Å². The van der Waals surface area contributed by atoms with E-state index in [1.54, 1.807) is 24.1 Å². The van der Waals surface area contributed by atoms with E-state index in [1.807, 2.05) is 51.1 Å². The molecule has 1 N–H and O–H groups in total. The first-order valence-electron chi connectivity index (χ1n) is 11.0. The Kier molecular flexibility index (Phi) is 11.4. The smallest absolute Gasteiger partial charge is 0.243 e. The van der Waals surface area contributed by atoms with Crippen molar-refractivity contribution in [3.63, 3.8) is 0 Å². The van der Waals surface area contributed by atoms with Crippen LogP contribution in [-0.2, 0) is 21.9 Å². The highest BCUT2D eigenvalue weighted by Gasteiger charge is 2.29. The van der Waals surface area contributed by atoms with Gasteiger partial charge in [-0.15, -0.1) is 11.8 Å². The predicted molar refractivity (Wildman–Crippen MR) is 138 cm³/mol. The van der Waals surface area contributed by atoms with Crippen molar-refractivity contribution in [2.45, 2.75) is 58.0 Å². The molecule has 8 heteroatoms. The van der Waals surface area contributed by atoms with E-state index in [2.05, 4.69) is 5.32 Å². The van der Waals surface area contributed by atoms with Crippen LogP contribution in [-0.4, -0.2) is 41.7 Å². The number of nitrogens with one attached hydrogen (secondary N) is 1. The topological polar surface area (TPSA) is 58.6 Å². The Morgan fingerprint density at radius 1 is 1.12 bits per heavy atom. The van der Waals surface area contributed by atoms with Gasteiger partial charge in [0.25, 0.3) is 0 Å². The van der Waals surface area contributed by atoms with E-state index in [-0.39, 0.29) is 23.6 Å². The SMILES string of the molecule is CC[C@@H](C)NC(=O)[C@H](CC)N(Cc1cccc(OC)c1)C(=O)CSCc1ccc(Cl)cc1Cl. The van der Waals surface area contributed by atoms with Crippen LogP contribution in [0, 0.1) is 0 Å². The monoisotopic (exact) mass is 510 g/mol. The number of carbonyl (C=O) groups is 2. The second-order valence-corrected chi connectivity index (χ2v) is 9.67. The van der Waals surface area contributed by atoms with Crippen molar-refractivity contribution in [3.05, 3.63) is 63.6 Å². The maximum Gasteiger partial charge on any atom is 0.243 e. The van der Waals surface area contributed by atoms with Crippen molar-refractivity contribution in [2.24, 2.45) is 0 Å². The summed E-state index contributed by atoms with van der Waals surface area (Å²) in [6.07, 6.45) is 1.34. The Morgan fingerprint density at radius 3 is 2.52 bits per heavy atom. The Bertz CT molecular complexity index is 942. The molecule has 0 fully saturated rings. The minimum atomic E-state index is -0.558. The molecule has 0 heterocycles. The van der Waals surface area contributed by atoms with E-state index in [0.29, 0.717) is 34.5 Å². The molecule has 2 rings (SSSR count). The lowest BCUT2D eigenvalue weighted by atomic mass is 10.1. The summed E-state index contributed by atoms with van der Waals surface area (Å²) in [6.45, 7) is 6.23. The van der Waals surface area contributed by atoms with Crippen LogP contribution < -0.4 is 10.1 Å². The van der Waals surface area contributed by atoms with Gasteiger partial charge in [-0.05, 0) is 55.2 Å². The van der Waals surface area contributed by atoms with Gasteiger partial charge in [-0.2, -0.15) is 0 Å². The fourth-order valence-electron chi connectivity index (χ4n) is 3.30. The third-order valence-corrected chi connectivity index (χ3v) is 6.93. The fourth-order valence-corrected chi connectivity index (χ4v) is 4.77. The number of halogens is 2. The van der Waals surface area contributed by atoms with Gasteiger partial charge >= 0.3 is 0 Å². The summed E-state index contributed by atoms with van der Waals surface area (Å²) in [7, 11) is 1.61. The molecule has 0 bridgehead atoms. The van der Waals surface area contributed by atoms with E-state index in [9.17, 15) is 9.59 Å². The zero-order valence-corrected chi connectivity index (χ0v) is 21.9. The number of hydrogen-bond acceptors (Lipinski definition) is 4. The van der Waals surface area contributed by atoms with E-state index >= 15 is 0 Å². The van der Waals surface area contributed by atoms with E-state index in [0.717, 1.165) is 17.5 Å². The molecule has 0 unspecified atom stereocenters. The number of hydrogen-bond donors (Lipinski definition) is 1. The first kappa shape index (κ1) is 27.4. The van der Waals surface area contributed by atoms with Crippen LogP contribution in [0.2, 0.25) is 10.0 Å². The standard InChI is InChI=1S/C25H32Cl2N2O3S/c1-5-17(3)28-25(31)23(6-2)29(14-18-8-7-9-21(12-18)32-4)24(30)16-33-15-19-10-11-20(26)13-22(19)27/h7-13,17,23H,5-6,14-16H2,1-4H3,(H,28,31)/t17-,23+/m1/s1. The minimum Gasteiger partial charge on any atom is -0.497 e. The number of amides is 2. The van der Waals surface area contributed by atoms with Crippen molar-refractivity contribution in [1.82, 2.24) is 10.2 Å². The molecule has 2 atom stereocenters. The molecule has 2 aromatic rings. The van der Waals surface area contributed by atoms with Crippen LogP contribution in [0.15, 0.2) is 42.5 Å². The first-order valence-corrected chi connectivity index (χ1v) is 12.9. The molecule has 0 saturated heterocycles. The predicted octanol–water partition coefficient (Wildman–Crippen LogP) is 5.96. The van der Waals surface area contributed by atoms with E-state index < -0.39 is 6.04 Å². The summed E-state index contributed by atoms with van der Waals surface area (Å²) >= 11 is 13.7. The summed E-state index contributed by atoms with van der Waals surface area (Å²) in [5, 5.41) is 4.18. The van der Waals surface area contributed by atoms with Crippen LogP contribution in [0.3, 0.4) is 0 Å². The second kappa shape index (κ2) is 13.7. The molecular weight excluding hydrogens is 479 g/mol. The van der Waals surface area contributed by atoms with Gasteiger partial charge in [0.15, 0.2) is 0 Å². The van der Waals surface area contributed by atoms with Crippen molar-refractivity contribution in [1.29, 1.82) is 0 Å². The third-order valence-electron chi connectivity index (χ3n) is 5.37. The lowest BCUT2D eigenvalue weighted by Gasteiger charge is -2.31. The summed E-state index contributed by atoms with van der Waals surface area (Å²) in [4.78, 5) is 28.0. The lowest BCUT2D eigenvalue weighted by molar-refractivity contribution is -0.139. The Morgan fingerprint density at radius 2 is 1.88 bits per heavy atom. The summed E-state index contributed by atoms with van der Waals surface area (Å²) < 4.78 is 5.32. The highest BCUT2D eigenvalue weighted by Crippen LogP contribution is 2.25. The molecule has 0 aliphatic carbocycles. The normalized spacial score (nSPS) is 12.7. The van der Waals surface area contributed by atoms with Crippen molar-refractivity contribution >= 4 is 46.8 Å². The van der Waals surface area contributed by atoms with Crippen LogP contribution >= 0.6 is 35.0 Å². The molecule has 0 aliphatic rings. The highest BCUT2D eigenvalue weighted by atomic mass is 35.5. The quantitative estimate of drug-likeness (QED) is 0.382. The highest BCUT2D eigenvalue weighted by molar-refractivity contribution is 7.99. The van der Waals surface area contributed by atoms with Crippen LogP contribution in [0.25, 0.3) is 0 Å². The number of ether oxygens (including phenoxy) is 1. The molecule has 2 aromatic carbocycles. The van der Waals surface area contributed by atoms with Gasteiger partial charge in [-0.25, -0.2) is 0 Å². The number of methoxy groups -OCH3 is 1. The van der Waals surface area contributed by atoms with Gasteiger partial charge < -0.3 is 15.0 Å². The maximum absolute atomic E-state index is 13.3. The van der Waals surface area contributed by atoms with Gasteiger partial charge in [0.2, 0.25) is 11.8 Å². The first-order chi connectivity index (χ1) is 15.8. The number of thioether (sulfide) groups is 1. The molecule has 0 aliphatic heterocycles. The lowest BCUT2D eigenvalue weighted by Crippen LogP contribution is -2.51. The molecule has 0 radical (unpaired) electrons. The van der Waals surface area contributed by atoms with Gasteiger partial charge in [-0.3, -0.25) is 9.59 Å². The van der Waals surface area contributed by atoms with Crippen molar-refractivity contribution < 1.29 is 14.3 Å². The van der Waals surface area contributed by atoms with Gasteiger partial charge in [0.05, 0.1) is 12.9 Å². The van der Waals surface area contributed by atoms with E-state index in [4.69, 9.17) is 27.9 Å². The Labute approximate surface area is 211 Å². The number of rotatable bonds is 12. The van der Waals surface area contributed by atoms with Crippen molar-refractivity contribution in [2.75, 3.05) is 12.9 Å². The second-order valence-electron chi connectivity index (χ2n) is 7.84. The zero-order chi connectivity index (χ0) is 24.4. The summed E-state index contributed by atoms with van der Waals surface area (Å²) in [6, 6.07) is 12.4. The number of carbonyl (C=O) groups excluding carboxylic acids is 2. The Balaban J connectivity index is 2.18. The average molecular weight is 512 g/mol.